The predicted molar refractivity (Wildman–Crippen MR) is 136 cm³/mol. The molecule has 1 unspecified atom stereocenters. The Labute approximate surface area is 212 Å². The fourth-order valence-corrected chi connectivity index (χ4v) is 5.80. The number of nitrogens with one attached hydrogen (secondary N) is 3. The Morgan fingerprint density at radius 3 is 2.54 bits per heavy atom. The second-order valence-corrected chi connectivity index (χ2v) is 11.2. The van der Waals surface area contributed by atoms with Crippen LogP contribution in [0.1, 0.15) is 49.7 Å². The number of hydrogen-bond acceptors (Lipinski definition) is 4. The fraction of sp³-hybridized carbons (Fsp3) is 0.385. The third kappa shape index (κ3) is 6.22. The van der Waals surface area contributed by atoms with Gasteiger partial charge in [-0.15, -0.1) is 0 Å². The number of alkyl halides is 3. The molecule has 1 aliphatic heterocycles. The van der Waals surface area contributed by atoms with Gasteiger partial charge in [0.1, 0.15) is 0 Å². The second kappa shape index (κ2) is 10.7. The lowest BCUT2D eigenvalue weighted by Crippen LogP contribution is -2.39. The van der Waals surface area contributed by atoms with Gasteiger partial charge in [-0.05, 0) is 42.0 Å². The van der Waals surface area contributed by atoms with E-state index in [2.05, 4.69) is 15.0 Å². The molecule has 1 aromatic heterocycles. The number of hydrogen-bond donors (Lipinski definition) is 3. The van der Waals surface area contributed by atoms with E-state index < -0.39 is 39.3 Å². The quantitative estimate of drug-likeness (QED) is 0.355. The molecular weight excluding hydrogens is 507 g/mol. The number of pyridine rings is 1. The monoisotopic (exact) mass is 535 g/mol. The van der Waals surface area contributed by atoms with Crippen LogP contribution in [0.25, 0.3) is 22.0 Å². The first kappa shape index (κ1) is 26.9. The molecule has 0 radical (unpaired) electrons. The normalized spacial score (nSPS) is 18.3. The Morgan fingerprint density at radius 1 is 1.05 bits per heavy atom. The third-order valence-electron chi connectivity index (χ3n) is 6.54. The van der Waals surface area contributed by atoms with E-state index in [4.69, 9.17) is 0 Å². The van der Waals surface area contributed by atoms with Crippen LogP contribution < -0.4 is 15.6 Å². The highest BCUT2D eigenvalue weighted by atomic mass is 32.2. The minimum Gasteiger partial charge on any atom is -0.351 e. The molecule has 2 aromatic carbocycles. The van der Waals surface area contributed by atoms with Crippen LogP contribution in [-0.4, -0.2) is 37.6 Å². The van der Waals surface area contributed by atoms with E-state index in [1.165, 1.54) is 24.3 Å². The maximum atomic E-state index is 13.5. The summed E-state index contributed by atoms with van der Waals surface area (Å²) < 4.78 is 67.3. The zero-order valence-corrected chi connectivity index (χ0v) is 21.0. The highest BCUT2D eigenvalue weighted by Crippen LogP contribution is 2.37. The van der Waals surface area contributed by atoms with Gasteiger partial charge in [0, 0.05) is 29.2 Å². The van der Waals surface area contributed by atoms with E-state index in [1.807, 2.05) is 6.92 Å². The number of sulfonamides is 1. The van der Waals surface area contributed by atoms with Gasteiger partial charge in [0.15, 0.2) is 0 Å². The number of halogens is 3. The van der Waals surface area contributed by atoms with E-state index in [1.54, 1.807) is 18.2 Å². The summed E-state index contributed by atoms with van der Waals surface area (Å²) in [5.74, 6) is -0.820. The van der Waals surface area contributed by atoms with Crippen LogP contribution in [0, 0.1) is 0 Å². The van der Waals surface area contributed by atoms with E-state index in [0.717, 1.165) is 18.9 Å². The van der Waals surface area contributed by atoms with Crippen LogP contribution in [0.3, 0.4) is 0 Å². The van der Waals surface area contributed by atoms with Crippen molar-refractivity contribution in [1.29, 1.82) is 0 Å². The number of unbranched alkanes of at least 4 members (excludes halogenated alkanes) is 2. The third-order valence-corrected chi connectivity index (χ3v) is 7.98. The minimum absolute atomic E-state index is 0.0355. The molecule has 1 aliphatic rings. The summed E-state index contributed by atoms with van der Waals surface area (Å²) in [4.78, 5) is 28.0. The number of carbonyl (C=O) groups excluding carboxylic acids is 1. The lowest BCUT2D eigenvalue weighted by Gasteiger charge is -2.14. The van der Waals surface area contributed by atoms with Crippen LogP contribution in [0.5, 0.6) is 0 Å². The zero-order chi connectivity index (χ0) is 26.8. The molecule has 37 heavy (non-hydrogen) atoms. The highest BCUT2D eigenvalue weighted by molar-refractivity contribution is 7.89. The number of carbonyl (C=O) groups is 1. The highest BCUT2D eigenvalue weighted by Gasteiger charge is 2.35. The Balaban J connectivity index is 1.54. The van der Waals surface area contributed by atoms with Crippen molar-refractivity contribution in [2.75, 3.05) is 12.3 Å². The van der Waals surface area contributed by atoms with Gasteiger partial charge in [-0.2, -0.15) is 13.2 Å². The molecule has 7 nitrogen and oxygen atoms in total. The molecule has 1 fully saturated rings. The van der Waals surface area contributed by atoms with Crippen LogP contribution in [0.4, 0.5) is 13.2 Å². The van der Waals surface area contributed by atoms with Crippen molar-refractivity contribution in [3.05, 3.63) is 70.0 Å². The van der Waals surface area contributed by atoms with Crippen LogP contribution >= 0.6 is 0 Å². The summed E-state index contributed by atoms with van der Waals surface area (Å²) >= 11 is 0. The van der Waals surface area contributed by atoms with Crippen LogP contribution in [0.2, 0.25) is 0 Å². The van der Waals surface area contributed by atoms with Crippen molar-refractivity contribution in [2.24, 2.45) is 0 Å². The topological polar surface area (TPSA) is 108 Å². The van der Waals surface area contributed by atoms with Crippen molar-refractivity contribution in [1.82, 2.24) is 15.0 Å². The van der Waals surface area contributed by atoms with Gasteiger partial charge in [-0.3, -0.25) is 9.59 Å². The maximum Gasteiger partial charge on any atom is 0.417 e. The Bertz CT molecular complexity index is 1470. The molecule has 11 heteroatoms. The Morgan fingerprint density at radius 2 is 1.81 bits per heavy atom. The van der Waals surface area contributed by atoms with E-state index in [-0.39, 0.29) is 34.8 Å². The molecule has 3 N–H and O–H groups in total. The average molecular weight is 536 g/mol. The van der Waals surface area contributed by atoms with Crippen molar-refractivity contribution in [3.63, 3.8) is 0 Å². The molecular formula is C26H28F3N3O4S. The van der Waals surface area contributed by atoms with Crippen molar-refractivity contribution >= 4 is 26.7 Å². The van der Waals surface area contributed by atoms with Crippen molar-refractivity contribution in [3.8, 4) is 11.3 Å². The number of rotatable bonds is 9. The Hall–Kier alpha value is -3.18. The summed E-state index contributed by atoms with van der Waals surface area (Å²) in [6.45, 7) is 2.06. The van der Waals surface area contributed by atoms with E-state index in [0.29, 0.717) is 23.8 Å². The van der Waals surface area contributed by atoms with Gasteiger partial charge in [-0.1, -0.05) is 50.1 Å². The number of aromatic nitrogens is 1. The largest absolute Gasteiger partial charge is 0.417 e. The number of benzene rings is 2. The van der Waals surface area contributed by atoms with E-state index >= 15 is 0 Å². The van der Waals surface area contributed by atoms with Gasteiger partial charge < -0.3 is 10.3 Å². The molecule has 0 aliphatic carbocycles. The van der Waals surface area contributed by atoms with Gasteiger partial charge >= 0.3 is 6.18 Å². The molecule has 198 valence electrons. The molecule has 2 heterocycles. The van der Waals surface area contributed by atoms with Crippen molar-refractivity contribution < 1.29 is 26.4 Å². The first-order chi connectivity index (χ1) is 17.5. The smallest absolute Gasteiger partial charge is 0.351 e. The molecule has 0 spiro atoms. The van der Waals surface area contributed by atoms with Crippen LogP contribution in [0.15, 0.2) is 53.3 Å². The number of H-pyrrole nitrogens is 1. The first-order valence-electron chi connectivity index (χ1n) is 12.1. The lowest BCUT2D eigenvalue weighted by atomic mass is 9.93. The van der Waals surface area contributed by atoms with Gasteiger partial charge in [0.25, 0.3) is 5.56 Å². The number of amides is 1. The summed E-state index contributed by atoms with van der Waals surface area (Å²) in [5.41, 5.74) is -0.930. The molecule has 0 bridgehead atoms. The Kier molecular flexibility index (Phi) is 7.75. The standard InChI is InChI=1S/C26H28F3N3O4S/c1-2-3-6-11-37(35,36)30-15-18-14-21(24(33)31-18)16-9-10-17-13-23(32-25(34)20(17)12-16)19-7-4-5-8-22(19)26(27,28)29/h4-5,7-10,12-13,18,21,30H,2-3,6,11,14-15H2,1H3,(H,31,33)(H,32,34)/t18?,21-/m1/s1. The molecule has 3 aromatic rings. The van der Waals surface area contributed by atoms with Crippen molar-refractivity contribution in [2.45, 2.75) is 50.7 Å². The summed E-state index contributed by atoms with van der Waals surface area (Å²) in [6, 6.07) is 10.9. The van der Waals surface area contributed by atoms with Gasteiger partial charge in [0.2, 0.25) is 15.9 Å². The minimum atomic E-state index is -4.58. The van der Waals surface area contributed by atoms with Crippen LogP contribution in [-0.2, 0) is 21.0 Å². The SMILES string of the molecule is CCCCCS(=O)(=O)NCC1C[C@H](c2ccc3cc(-c4ccccc4C(F)(F)F)[nH]c(=O)c3c2)C(=O)N1. The summed E-state index contributed by atoms with van der Waals surface area (Å²) in [5, 5.41) is 3.49. The summed E-state index contributed by atoms with van der Waals surface area (Å²) in [7, 11) is -3.43. The first-order valence-corrected chi connectivity index (χ1v) is 13.7. The fourth-order valence-electron chi connectivity index (χ4n) is 4.62. The molecule has 1 saturated heterocycles. The van der Waals surface area contributed by atoms with Gasteiger partial charge in [-0.25, -0.2) is 13.1 Å². The predicted octanol–water partition coefficient (Wildman–Crippen LogP) is 4.30. The molecule has 0 saturated carbocycles. The maximum absolute atomic E-state index is 13.5. The zero-order valence-electron chi connectivity index (χ0n) is 20.2. The molecule has 2 atom stereocenters. The van der Waals surface area contributed by atoms with Gasteiger partial charge in [0.05, 0.1) is 17.2 Å². The number of aromatic amines is 1. The lowest BCUT2D eigenvalue weighted by molar-refractivity contribution is -0.137. The molecule has 4 rings (SSSR count). The summed E-state index contributed by atoms with van der Waals surface area (Å²) in [6.07, 6.45) is -1.94. The van der Waals surface area contributed by atoms with E-state index in [9.17, 15) is 31.2 Å². The second-order valence-electron chi connectivity index (χ2n) is 9.27. The number of fused-ring (bicyclic) bond motifs is 1. The molecule has 1 amide bonds. The average Bonchev–Trinajstić information content (AvgIpc) is 3.23.